The molecule has 0 saturated carbocycles. The summed E-state index contributed by atoms with van der Waals surface area (Å²) in [6.45, 7) is 0.593. The van der Waals surface area contributed by atoms with Crippen LogP contribution in [-0.4, -0.2) is 34.9 Å². The number of alkyl halides is 4. The first-order chi connectivity index (χ1) is 15.6. The van der Waals surface area contributed by atoms with Gasteiger partial charge in [0.05, 0.1) is 5.69 Å². The molecule has 0 unspecified atom stereocenters. The Labute approximate surface area is 186 Å². The first kappa shape index (κ1) is 24.3. The second-order valence-electron chi connectivity index (χ2n) is 7.60. The molecule has 1 aromatic heterocycles. The minimum atomic E-state index is -2.98. The van der Waals surface area contributed by atoms with Gasteiger partial charge in [0, 0.05) is 47.9 Å². The number of dihydropyridines is 1. The summed E-state index contributed by atoms with van der Waals surface area (Å²) in [7, 11) is 0. The number of halogens is 4. The number of hydrogen-bond donors (Lipinski definition) is 2. The fraction of sp³-hybridized carbons (Fsp3) is 0.364. The number of aromatic nitrogens is 2. The number of allylic oxidation sites excluding steroid dienone is 1. The van der Waals surface area contributed by atoms with Crippen LogP contribution in [0.3, 0.4) is 0 Å². The number of carbonyl (C=O) groups excluding carboxylic acids is 1. The van der Waals surface area contributed by atoms with E-state index in [4.69, 9.17) is 0 Å². The molecule has 0 aliphatic carbocycles. The number of rotatable bonds is 8. The summed E-state index contributed by atoms with van der Waals surface area (Å²) in [5, 5.41) is 2.71. The number of aliphatic imine (C=N–C) groups is 1. The summed E-state index contributed by atoms with van der Waals surface area (Å²) in [5.41, 5.74) is 0.136. The molecule has 11 heteroatoms. The highest BCUT2D eigenvalue weighted by Gasteiger charge is 2.20. The Hall–Kier alpha value is -3.34. The van der Waals surface area contributed by atoms with Crippen LogP contribution in [0.5, 0.6) is 0 Å². The van der Waals surface area contributed by atoms with Crippen LogP contribution in [0.25, 0.3) is 17.0 Å². The minimum absolute atomic E-state index is 0.00695. The zero-order valence-corrected chi connectivity index (χ0v) is 17.8. The standard InChI is InChI=1S/C22H22F4N4O3/c1-11(2)21(32)28-9-12-3-5-14(19(23)24)15(7-12)20-29-16(8-17(31)30-20)13-4-6-18(27-10-13)33-22(25)26/h3-5,7-8,10-11,18-19,22H,6,9H2,1-2H3,(H,28,32)(H,29,30,31)/t18-/m1/s1. The summed E-state index contributed by atoms with van der Waals surface area (Å²) in [6.07, 6.45) is -1.09. The molecule has 3 rings (SSSR count). The monoisotopic (exact) mass is 466 g/mol. The molecule has 0 fully saturated rings. The zero-order valence-electron chi connectivity index (χ0n) is 17.8. The molecule has 1 aliphatic rings. The lowest BCUT2D eigenvalue weighted by Gasteiger charge is -2.16. The lowest BCUT2D eigenvalue weighted by atomic mass is 10.0. The van der Waals surface area contributed by atoms with Gasteiger partial charge in [-0.25, -0.2) is 13.8 Å². The number of aromatic amines is 1. The molecule has 0 bridgehead atoms. The second-order valence-corrected chi connectivity index (χ2v) is 7.60. The minimum Gasteiger partial charge on any atom is -0.352 e. The van der Waals surface area contributed by atoms with Gasteiger partial charge in [-0.1, -0.05) is 32.1 Å². The molecule has 2 heterocycles. The van der Waals surface area contributed by atoms with Crippen LogP contribution < -0.4 is 10.9 Å². The van der Waals surface area contributed by atoms with Gasteiger partial charge in [0.2, 0.25) is 5.91 Å². The lowest BCUT2D eigenvalue weighted by Crippen LogP contribution is -2.27. The van der Waals surface area contributed by atoms with Gasteiger partial charge in [-0.05, 0) is 11.6 Å². The summed E-state index contributed by atoms with van der Waals surface area (Å²) in [6, 6.07) is 5.27. The van der Waals surface area contributed by atoms with Crippen LogP contribution in [0.15, 0.2) is 40.1 Å². The van der Waals surface area contributed by atoms with Crippen molar-refractivity contribution >= 4 is 17.7 Å². The third-order valence-corrected chi connectivity index (χ3v) is 4.82. The third kappa shape index (κ3) is 6.35. The van der Waals surface area contributed by atoms with Crippen LogP contribution in [0.4, 0.5) is 17.6 Å². The van der Waals surface area contributed by atoms with Crippen LogP contribution in [-0.2, 0) is 16.1 Å². The summed E-state index contributed by atoms with van der Waals surface area (Å²) >= 11 is 0. The molecule has 33 heavy (non-hydrogen) atoms. The average molecular weight is 466 g/mol. The number of ether oxygens (including phenoxy) is 1. The molecule has 1 aliphatic heterocycles. The highest BCUT2D eigenvalue weighted by molar-refractivity contribution is 6.09. The Balaban J connectivity index is 1.94. The Morgan fingerprint density at radius 3 is 2.61 bits per heavy atom. The van der Waals surface area contributed by atoms with Crippen LogP contribution in [0, 0.1) is 5.92 Å². The molecule has 7 nitrogen and oxygen atoms in total. The van der Waals surface area contributed by atoms with Crippen molar-refractivity contribution < 1.29 is 27.1 Å². The number of carbonyl (C=O) groups is 1. The van der Waals surface area contributed by atoms with Crippen molar-refractivity contribution in [3.8, 4) is 11.4 Å². The number of benzene rings is 1. The van der Waals surface area contributed by atoms with E-state index >= 15 is 0 Å². The number of hydrogen-bond acceptors (Lipinski definition) is 5. The summed E-state index contributed by atoms with van der Waals surface area (Å²) in [5.74, 6) is -0.526. The van der Waals surface area contributed by atoms with E-state index in [0.717, 1.165) is 6.07 Å². The number of H-pyrrole nitrogens is 1. The quantitative estimate of drug-likeness (QED) is 0.574. The maximum Gasteiger partial charge on any atom is 0.347 e. The van der Waals surface area contributed by atoms with Gasteiger partial charge in [-0.15, -0.1) is 0 Å². The van der Waals surface area contributed by atoms with Crippen LogP contribution in [0.2, 0.25) is 0 Å². The van der Waals surface area contributed by atoms with E-state index in [1.54, 1.807) is 13.8 Å². The van der Waals surface area contributed by atoms with E-state index in [2.05, 4.69) is 25.0 Å². The first-order valence-corrected chi connectivity index (χ1v) is 10.1. The molecular weight excluding hydrogens is 444 g/mol. The van der Waals surface area contributed by atoms with E-state index in [0.29, 0.717) is 11.1 Å². The fourth-order valence-electron chi connectivity index (χ4n) is 3.12. The van der Waals surface area contributed by atoms with Crippen molar-refractivity contribution in [1.29, 1.82) is 0 Å². The van der Waals surface area contributed by atoms with E-state index < -0.39 is 24.8 Å². The molecule has 0 radical (unpaired) electrons. The highest BCUT2D eigenvalue weighted by Crippen LogP contribution is 2.30. The van der Waals surface area contributed by atoms with Gasteiger partial charge in [0.15, 0.2) is 6.23 Å². The van der Waals surface area contributed by atoms with Crippen molar-refractivity contribution in [2.75, 3.05) is 0 Å². The van der Waals surface area contributed by atoms with Gasteiger partial charge in [-0.3, -0.25) is 19.3 Å². The number of nitrogens with one attached hydrogen (secondary N) is 2. The van der Waals surface area contributed by atoms with E-state index in [-0.39, 0.29) is 47.4 Å². The van der Waals surface area contributed by atoms with Gasteiger partial charge in [-0.2, -0.15) is 8.78 Å². The zero-order chi connectivity index (χ0) is 24.1. The predicted molar refractivity (Wildman–Crippen MR) is 114 cm³/mol. The molecule has 1 aromatic carbocycles. The molecule has 0 spiro atoms. The number of nitrogens with zero attached hydrogens (tertiary/aromatic N) is 2. The van der Waals surface area contributed by atoms with Gasteiger partial charge < -0.3 is 10.3 Å². The molecule has 0 saturated heterocycles. The van der Waals surface area contributed by atoms with E-state index in [9.17, 15) is 27.2 Å². The second kappa shape index (κ2) is 10.5. The Bertz CT molecular complexity index is 1130. The normalized spacial score (nSPS) is 15.9. The Morgan fingerprint density at radius 1 is 1.24 bits per heavy atom. The highest BCUT2D eigenvalue weighted by atomic mass is 19.3. The van der Waals surface area contributed by atoms with Crippen molar-refractivity contribution in [3.63, 3.8) is 0 Å². The molecule has 2 N–H and O–H groups in total. The third-order valence-electron chi connectivity index (χ3n) is 4.82. The van der Waals surface area contributed by atoms with Crippen molar-refractivity contribution in [3.05, 3.63) is 57.5 Å². The summed E-state index contributed by atoms with van der Waals surface area (Å²) in [4.78, 5) is 34.7. The molecule has 1 amide bonds. The van der Waals surface area contributed by atoms with Gasteiger partial charge in [0.25, 0.3) is 12.0 Å². The van der Waals surface area contributed by atoms with Crippen LogP contribution >= 0.6 is 0 Å². The number of amides is 1. The predicted octanol–water partition coefficient (Wildman–Crippen LogP) is 4.07. The largest absolute Gasteiger partial charge is 0.352 e. The Kier molecular flexibility index (Phi) is 7.75. The Morgan fingerprint density at radius 2 is 2.00 bits per heavy atom. The lowest BCUT2D eigenvalue weighted by molar-refractivity contribution is -0.159. The molecule has 176 valence electrons. The summed E-state index contributed by atoms with van der Waals surface area (Å²) < 4.78 is 56.4. The average Bonchev–Trinajstić information content (AvgIpc) is 2.76. The maximum atomic E-state index is 13.7. The van der Waals surface area contributed by atoms with Crippen molar-refractivity contribution in [2.45, 2.75) is 46.1 Å². The van der Waals surface area contributed by atoms with Crippen molar-refractivity contribution in [2.24, 2.45) is 10.9 Å². The van der Waals surface area contributed by atoms with Gasteiger partial charge >= 0.3 is 6.61 Å². The van der Waals surface area contributed by atoms with E-state index in [1.807, 2.05) is 0 Å². The van der Waals surface area contributed by atoms with E-state index in [1.165, 1.54) is 30.5 Å². The fourth-order valence-corrected chi connectivity index (χ4v) is 3.12. The molecular formula is C22H22F4N4O3. The SMILES string of the molecule is CC(C)C(=O)NCc1ccc(C(F)F)c(-c2nc(C3=CC[C@@H](OC(F)F)N=C3)cc(=O)[nH]2)c1. The maximum absolute atomic E-state index is 13.7. The smallest absolute Gasteiger partial charge is 0.347 e. The van der Waals surface area contributed by atoms with Gasteiger partial charge in [0.1, 0.15) is 5.82 Å². The first-order valence-electron chi connectivity index (χ1n) is 10.1. The molecule has 1 atom stereocenters. The molecule has 2 aromatic rings. The topological polar surface area (TPSA) is 96.4 Å². The van der Waals surface area contributed by atoms with Crippen molar-refractivity contribution in [1.82, 2.24) is 15.3 Å². The van der Waals surface area contributed by atoms with Crippen LogP contribution in [0.1, 0.15) is 43.5 Å².